The number of fused-ring (bicyclic) bond motifs is 9. The summed E-state index contributed by atoms with van der Waals surface area (Å²) >= 11 is 0. The van der Waals surface area contributed by atoms with Crippen molar-refractivity contribution in [3.05, 3.63) is 47.2 Å². The minimum atomic E-state index is -1.65. The third kappa shape index (κ3) is 2.54. The second-order valence-corrected chi connectivity index (χ2v) is 12.7. The molecule has 1 aromatic heterocycles. The Kier molecular flexibility index (Phi) is 4.42. The van der Waals surface area contributed by atoms with E-state index in [0.29, 0.717) is 24.8 Å². The monoisotopic (exact) mass is 505 g/mol. The number of ketones is 1. The van der Waals surface area contributed by atoms with Gasteiger partial charge in [0.2, 0.25) is 0 Å². The number of aromatic amines is 1. The lowest BCUT2D eigenvalue weighted by molar-refractivity contribution is -0.277. The molecule has 2 aliphatic heterocycles. The first-order valence-electron chi connectivity index (χ1n) is 13.6. The molecule has 3 aliphatic carbocycles. The average Bonchev–Trinajstić information content (AvgIpc) is 3.44. The van der Waals surface area contributed by atoms with Crippen LogP contribution in [0, 0.1) is 11.3 Å². The van der Waals surface area contributed by atoms with Gasteiger partial charge >= 0.3 is 5.97 Å². The van der Waals surface area contributed by atoms with Gasteiger partial charge in [0.05, 0.1) is 0 Å². The summed E-state index contributed by atoms with van der Waals surface area (Å²) in [6.07, 6.45) is 2.64. The fraction of sp³-hybridized carbons (Fsp3) is 0.600. The van der Waals surface area contributed by atoms with Gasteiger partial charge in [0.25, 0.3) is 0 Å². The summed E-state index contributed by atoms with van der Waals surface area (Å²) < 4.78 is 19.0. The molecule has 1 saturated heterocycles. The van der Waals surface area contributed by atoms with E-state index >= 15 is 0 Å². The Morgan fingerprint density at radius 2 is 1.95 bits per heavy atom. The molecule has 2 saturated carbocycles. The van der Waals surface area contributed by atoms with Crippen LogP contribution in [-0.4, -0.2) is 51.0 Å². The molecule has 196 valence electrons. The summed E-state index contributed by atoms with van der Waals surface area (Å²) in [5.74, 6) is -1.63. The fourth-order valence-electron chi connectivity index (χ4n) is 8.77. The normalized spacial score (nSPS) is 43.0. The molecular formula is C30H35NO6. The van der Waals surface area contributed by atoms with Gasteiger partial charge in [0, 0.05) is 45.8 Å². The van der Waals surface area contributed by atoms with Crippen molar-refractivity contribution < 1.29 is 28.9 Å². The molecule has 5 aliphatic rings. The minimum Gasteiger partial charge on any atom is -0.459 e. The van der Waals surface area contributed by atoms with E-state index < -0.39 is 40.0 Å². The molecular weight excluding hydrogens is 470 g/mol. The Hall–Kier alpha value is -2.48. The predicted octanol–water partition coefficient (Wildman–Crippen LogP) is 4.25. The highest BCUT2D eigenvalue weighted by atomic mass is 16.8. The largest absolute Gasteiger partial charge is 0.459 e. The van der Waals surface area contributed by atoms with Crippen LogP contribution in [0.25, 0.3) is 10.9 Å². The summed E-state index contributed by atoms with van der Waals surface area (Å²) in [6, 6.07) is 8.33. The lowest BCUT2D eigenvalue weighted by Crippen LogP contribution is -2.75. The fourth-order valence-corrected chi connectivity index (χ4v) is 8.77. The number of aliphatic hydroxyl groups is 1. The maximum absolute atomic E-state index is 13.3. The van der Waals surface area contributed by atoms with Crippen molar-refractivity contribution in [1.82, 2.24) is 4.98 Å². The zero-order valence-corrected chi connectivity index (χ0v) is 22.1. The van der Waals surface area contributed by atoms with Crippen LogP contribution < -0.4 is 0 Å². The smallest absolute Gasteiger partial charge is 0.305 e. The molecule has 0 amide bonds. The molecule has 37 heavy (non-hydrogen) atoms. The third-order valence-electron chi connectivity index (χ3n) is 10.8. The first-order chi connectivity index (χ1) is 17.4. The van der Waals surface area contributed by atoms with Crippen molar-refractivity contribution in [1.29, 1.82) is 0 Å². The molecule has 2 bridgehead atoms. The summed E-state index contributed by atoms with van der Waals surface area (Å²) in [4.78, 5) is 29.8. The predicted molar refractivity (Wildman–Crippen MR) is 136 cm³/mol. The summed E-state index contributed by atoms with van der Waals surface area (Å²) in [7, 11) is 0. The van der Waals surface area contributed by atoms with Crippen molar-refractivity contribution in [3.8, 4) is 0 Å². The average molecular weight is 506 g/mol. The molecule has 1 aromatic carbocycles. The Bertz CT molecular complexity index is 1410. The quantitative estimate of drug-likeness (QED) is 0.592. The molecule has 1 spiro atoms. The van der Waals surface area contributed by atoms with Crippen molar-refractivity contribution in [3.63, 3.8) is 0 Å². The summed E-state index contributed by atoms with van der Waals surface area (Å²) in [6.45, 7) is 9.83. The first-order valence-corrected chi connectivity index (χ1v) is 13.6. The van der Waals surface area contributed by atoms with Gasteiger partial charge in [0.15, 0.2) is 17.7 Å². The van der Waals surface area contributed by atoms with Gasteiger partial charge in [-0.05, 0) is 56.7 Å². The molecule has 2 N–H and O–H groups in total. The zero-order chi connectivity index (χ0) is 26.2. The maximum Gasteiger partial charge on any atom is 0.305 e. The number of carbonyl (C=O) groups excluding carboxylic acids is 2. The van der Waals surface area contributed by atoms with Crippen LogP contribution in [0.4, 0.5) is 0 Å². The van der Waals surface area contributed by atoms with Gasteiger partial charge in [-0.1, -0.05) is 39.0 Å². The SMILES string of the molecule is CCC(=O)O[C@H]1C[C@H]2Cc3c([nH]c4ccccc34)[C@]2(C)C2(C)CC[C@@]34O[C@@H](C(=O)C=C3[C@]12O)C(C)(C)O4. The van der Waals surface area contributed by atoms with Crippen LogP contribution in [0.2, 0.25) is 0 Å². The van der Waals surface area contributed by atoms with E-state index in [1.54, 1.807) is 13.0 Å². The van der Waals surface area contributed by atoms with E-state index in [9.17, 15) is 14.7 Å². The highest BCUT2D eigenvalue weighted by molar-refractivity contribution is 5.97. The number of hydrogen-bond donors (Lipinski definition) is 2. The first kappa shape index (κ1) is 23.6. The van der Waals surface area contributed by atoms with E-state index in [-0.39, 0.29) is 24.1 Å². The number of para-hydroxylation sites is 1. The van der Waals surface area contributed by atoms with Gasteiger partial charge in [-0.2, -0.15) is 0 Å². The Balaban J connectivity index is 1.46. The molecule has 0 radical (unpaired) electrons. The van der Waals surface area contributed by atoms with Crippen molar-refractivity contribution in [2.45, 2.75) is 101 Å². The molecule has 1 unspecified atom stereocenters. The maximum atomic E-state index is 13.3. The zero-order valence-electron chi connectivity index (χ0n) is 22.1. The molecule has 3 heterocycles. The van der Waals surface area contributed by atoms with Crippen LogP contribution in [0.15, 0.2) is 35.9 Å². The van der Waals surface area contributed by atoms with Gasteiger partial charge in [-0.25, -0.2) is 0 Å². The van der Waals surface area contributed by atoms with Crippen molar-refractivity contribution >= 4 is 22.7 Å². The number of H-pyrrole nitrogens is 1. The van der Waals surface area contributed by atoms with Crippen LogP contribution >= 0.6 is 0 Å². The van der Waals surface area contributed by atoms with Crippen molar-refractivity contribution in [2.75, 3.05) is 0 Å². The topological polar surface area (TPSA) is 97.9 Å². The van der Waals surface area contributed by atoms with E-state index in [1.807, 2.05) is 19.9 Å². The Labute approximate surface area is 216 Å². The van der Waals surface area contributed by atoms with E-state index in [0.717, 1.165) is 17.6 Å². The van der Waals surface area contributed by atoms with Crippen LogP contribution in [0.3, 0.4) is 0 Å². The molecule has 3 fully saturated rings. The number of benzene rings is 1. The number of nitrogens with one attached hydrogen (secondary N) is 1. The standard InChI is InChI=1S/C30H35NO6/c1-6-23(33)35-22-14-16-13-18-17-9-7-8-10-19(17)31-24(18)28(16,5)27(4)11-12-29-21(30(22,27)34)15-20(32)25(36-29)26(2,3)37-29/h7-10,15-16,22,25,31,34H,6,11-14H2,1-5H3/t16-,22+,25+,27?,28-,29+,30+/m1/s1. The number of esters is 1. The lowest BCUT2D eigenvalue weighted by atomic mass is 9.41. The van der Waals surface area contributed by atoms with E-state index in [4.69, 9.17) is 14.2 Å². The highest BCUT2D eigenvalue weighted by Gasteiger charge is 2.78. The third-order valence-corrected chi connectivity index (χ3v) is 10.8. The van der Waals surface area contributed by atoms with Gasteiger partial charge in [0.1, 0.15) is 17.3 Å². The van der Waals surface area contributed by atoms with Crippen LogP contribution in [0.5, 0.6) is 0 Å². The van der Waals surface area contributed by atoms with Gasteiger partial charge in [-0.3, -0.25) is 9.59 Å². The van der Waals surface area contributed by atoms with Gasteiger partial charge in [-0.15, -0.1) is 0 Å². The Morgan fingerprint density at radius 3 is 2.70 bits per heavy atom. The van der Waals surface area contributed by atoms with Crippen molar-refractivity contribution in [2.24, 2.45) is 11.3 Å². The highest BCUT2D eigenvalue weighted by Crippen LogP contribution is 2.72. The molecule has 2 aromatic rings. The summed E-state index contributed by atoms with van der Waals surface area (Å²) in [5, 5.41) is 14.3. The number of rotatable bonds is 2. The van der Waals surface area contributed by atoms with E-state index in [2.05, 4.69) is 37.0 Å². The number of aromatic nitrogens is 1. The molecule has 7 nitrogen and oxygen atoms in total. The minimum absolute atomic E-state index is 0.154. The molecule has 7 heteroatoms. The number of carbonyl (C=O) groups is 2. The number of ether oxygens (including phenoxy) is 3. The van der Waals surface area contributed by atoms with Crippen LogP contribution in [0.1, 0.15) is 71.6 Å². The second kappa shape index (κ2) is 6.93. The van der Waals surface area contributed by atoms with Gasteiger partial charge < -0.3 is 24.3 Å². The van der Waals surface area contributed by atoms with E-state index in [1.165, 1.54) is 10.9 Å². The van der Waals surface area contributed by atoms with Crippen LogP contribution in [-0.2, 0) is 35.6 Å². The second-order valence-electron chi connectivity index (χ2n) is 12.7. The Morgan fingerprint density at radius 1 is 1.19 bits per heavy atom. The number of hydrogen-bond acceptors (Lipinski definition) is 6. The molecule has 7 atom stereocenters. The summed E-state index contributed by atoms with van der Waals surface area (Å²) in [5.41, 5.74) is 0.223. The lowest BCUT2D eigenvalue weighted by Gasteiger charge is -2.67. The molecule has 7 rings (SSSR count).